The predicted molar refractivity (Wildman–Crippen MR) is 103 cm³/mol. The largest absolute Gasteiger partial charge is 0.453 e. The van der Waals surface area contributed by atoms with Crippen LogP contribution in [0.2, 0.25) is 0 Å². The van der Waals surface area contributed by atoms with Gasteiger partial charge in [-0.2, -0.15) is 0 Å². The molecule has 0 saturated heterocycles. The van der Waals surface area contributed by atoms with Gasteiger partial charge in [-0.3, -0.25) is 0 Å². The lowest BCUT2D eigenvalue weighted by Crippen LogP contribution is -2.32. The Morgan fingerprint density at radius 3 is 2.16 bits per heavy atom. The number of allylic oxidation sites excluding steroid dienone is 4. The van der Waals surface area contributed by atoms with Gasteiger partial charge in [0.05, 0.1) is 5.41 Å². The summed E-state index contributed by atoms with van der Waals surface area (Å²) in [4.78, 5) is 0. The maximum atomic E-state index is 6.14. The first-order valence-electron chi connectivity index (χ1n) is 8.66. The fourth-order valence-corrected chi connectivity index (χ4v) is 5.70. The van der Waals surface area contributed by atoms with Gasteiger partial charge in [-0.05, 0) is 44.3 Å². The minimum absolute atomic E-state index is 0.163. The molecule has 0 bridgehead atoms. The zero-order chi connectivity index (χ0) is 16.6. The molecule has 120 valence electrons. The zero-order valence-corrected chi connectivity index (χ0v) is 15.0. The molecule has 2 atom stereocenters. The van der Waals surface area contributed by atoms with Crippen LogP contribution in [0.15, 0.2) is 88.0 Å². The Balaban J connectivity index is 1.80. The smallest absolute Gasteiger partial charge is 0.169 e. The van der Waals surface area contributed by atoms with Crippen LogP contribution in [0.3, 0.4) is 0 Å². The van der Waals surface area contributed by atoms with Gasteiger partial charge < -0.3 is 4.42 Å². The normalized spacial score (nSPS) is 23.4. The summed E-state index contributed by atoms with van der Waals surface area (Å²) in [5, 5.41) is 0. The average Bonchev–Trinajstić information content (AvgIpc) is 3.26. The van der Waals surface area contributed by atoms with E-state index in [4.69, 9.17) is 4.42 Å². The Kier molecular flexibility index (Phi) is 2.58. The summed E-state index contributed by atoms with van der Waals surface area (Å²) in [7, 11) is 0. The molecular weight excluding hydrogens is 372 g/mol. The molecule has 3 aliphatic rings. The van der Waals surface area contributed by atoms with Crippen molar-refractivity contribution in [1.82, 2.24) is 0 Å². The van der Waals surface area contributed by atoms with Crippen LogP contribution in [0.5, 0.6) is 0 Å². The molecule has 3 aliphatic carbocycles. The summed E-state index contributed by atoms with van der Waals surface area (Å²) in [6.45, 7) is 0. The summed E-state index contributed by atoms with van der Waals surface area (Å²) in [5.74, 6) is 1.73. The van der Waals surface area contributed by atoms with Crippen LogP contribution in [0.4, 0.5) is 0 Å². The lowest BCUT2D eigenvalue weighted by molar-refractivity contribution is 0.417. The van der Waals surface area contributed by atoms with E-state index in [2.05, 4.69) is 94.8 Å². The van der Waals surface area contributed by atoms with E-state index in [-0.39, 0.29) is 11.3 Å². The van der Waals surface area contributed by atoms with Crippen molar-refractivity contribution in [1.29, 1.82) is 0 Å². The standard InChI is InChI=1S/C23H15BrO/c24-21-13-20-22(25-21)16-9-3-6-12-19(16)23(20)17-10-4-1-7-14(17)15-8-2-5-11-18(15)23/h1-13,16,19H. The van der Waals surface area contributed by atoms with Crippen molar-refractivity contribution < 1.29 is 4.42 Å². The minimum Gasteiger partial charge on any atom is -0.453 e. The van der Waals surface area contributed by atoms with E-state index in [1.165, 1.54) is 27.8 Å². The van der Waals surface area contributed by atoms with E-state index in [0.29, 0.717) is 5.92 Å². The molecule has 0 fully saturated rings. The number of hydrogen-bond donors (Lipinski definition) is 0. The molecule has 0 radical (unpaired) electrons. The Morgan fingerprint density at radius 1 is 0.800 bits per heavy atom. The second kappa shape index (κ2) is 4.64. The quantitative estimate of drug-likeness (QED) is 0.448. The van der Waals surface area contributed by atoms with Crippen molar-refractivity contribution in [2.24, 2.45) is 5.92 Å². The van der Waals surface area contributed by atoms with E-state index in [0.717, 1.165) is 10.4 Å². The molecule has 1 spiro atoms. The third kappa shape index (κ3) is 1.51. The summed E-state index contributed by atoms with van der Waals surface area (Å²) in [6.07, 6.45) is 8.99. The summed E-state index contributed by atoms with van der Waals surface area (Å²) in [5.41, 5.74) is 6.65. The van der Waals surface area contributed by atoms with Gasteiger partial charge in [0.2, 0.25) is 0 Å². The highest BCUT2D eigenvalue weighted by Crippen LogP contribution is 2.65. The van der Waals surface area contributed by atoms with Crippen LogP contribution in [-0.4, -0.2) is 0 Å². The first kappa shape index (κ1) is 13.9. The lowest BCUT2D eigenvalue weighted by Gasteiger charge is -2.35. The number of furan rings is 1. The highest BCUT2D eigenvalue weighted by Gasteiger charge is 2.58. The molecule has 1 aromatic heterocycles. The number of fused-ring (bicyclic) bond motifs is 10. The van der Waals surface area contributed by atoms with Gasteiger partial charge in [0.15, 0.2) is 4.67 Å². The van der Waals surface area contributed by atoms with Crippen LogP contribution in [0.1, 0.15) is 28.4 Å². The average molecular weight is 387 g/mol. The van der Waals surface area contributed by atoms with Crippen molar-refractivity contribution in [3.63, 3.8) is 0 Å². The maximum absolute atomic E-state index is 6.14. The SMILES string of the molecule is Brc1cc2c(o1)C1C=CC=CC1C21c2ccccc2-c2ccccc21. The van der Waals surface area contributed by atoms with Gasteiger partial charge in [-0.25, -0.2) is 0 Å². The number of benzene rings is 2. The second-order valence-electron chi connectivity index (χ2n) is 7.05. The Morgan fingerprint density at radius 2 is 1.44 bits per heavy atom. The van der Waals surface area contributed by atoms with Crippen LogP contribution in [0, 0.1) is 5.92 Å². The van der Waals surface area contributed by atoms with Crippen LogP contribution >= 0.6 is 15.9 Å². The highest BCUT2D eigenvalue weighted by atomic mass is 79.9. The topological polar surface area (TPSA) is 13.1 Å². The van der Waals surface area contributed by atoms with Crippen molar-refractivity contribution >= 4 is 15.9 Å². The first-order valence-corrected chi connectivity index (χ1v) is 9.45. The molecule has 0 amide bonds. The predicted octanol–water partition coefficient (Wildman–Crippen LogP) is 6.20. The highest BCUT2D eigenvalue weighted by molar-refractivity contribution is 9.10. The molecule has 1 nitrogen and oxygen atoms in total. The number of halogens is 1. The van der Waals surface area contributed by atoms with Gasteiger partial charge in [0, 0.05) is 17.4 Å². The molecule has 2 aromatic carbocycles. The van der Waals surface area contributed by atoms with Crippen molar-refractivity contribution in [2.75, 3.05) is 0 Å². The lowest BCUT2D eigenvalue weighted by atomic mass is 9.65. The molecule has 3 aromatic rings. The summed E-state index contributed by atoms with van der Waals surface area (Å²) >= 11 is 3.58. The fraction of sp³-hybridized carbons (Fsp3) is 0.130. The van der Waals surface area contributed by atoms with Gasteiger partial charge in [-0.1, -0.05) is 72.8 Å². The molecule has 2 heteroatoms. The number of rotatable bonds is 0. The van der Waals surface area contributed by atoms with Gasteiger partial charge in [-0.15, -0.1) is 0 Å². The molecular formula is C23H15BrO. The van der Waals surface area contributed by atoms with E-state index >= 15 is 0 Å². The van der Waals surface area contributed by atoms with Crippen molar-refractivity contribution in [2.45, 2.75) is 11.3 Å². The minimum atomic E-state index is -0.163. The molecule has 2 unspecified atom stereocenters. The third-order valence-electron chi connectivity index (χ3n) is 6.09. The summed E-state index contributed by atoms with van der Waals surface area (Å²) in [6, 6.07) is 19.9. The number of hydrogen-bond acceptors (Lipinski definition) is 1. The van der Waals surface area contributed by atoms with Crippen LogP contribution in [0.25, 0.3) is 11.1 Å². The molecule has 0 N–H and O–H groups in total. The van der Waals surface area contributed by atoms with Gasteiger partial charge in [0.25, 0.3) is 0 Å². The van der Waals surface area contributed by atoms with Gasteiger partial charge in [0.1, 0.15) is 5.76 Å². The Bertz CT molecular complexity index is 1040. The monoisotopic (exact) mass is 386 g/mol. The Labute approximate surface area is 154 Å². The first-order chi connectivity index (χ1) is 12.3. The molecule has 25 heavy (non-hydrogen) atoms. The molecule has 1 heterocycles. The maximum Gasteiger partial charge on any atom is 0.169 e. The van der Waals surface area contributed by atoms with E-state index < -0.39 is 0 Å². The van der Waals surface area contributed by atoms with Gasteiger partial charge >= 0.3 is 0 Å². The van der Waals surface area contributed by atoms with E-state index in [1.54, 1.807) is 0 Å². The van der Waals surface area contributed by atoms with Crippen LogP contribution < -0.4 is 0 Å². The molecule has 6 rings (SSSR count). The third-order valence-corrected chi connectivity index (χ3v) is 6.48. The Hall–Kier alpha value is -2.32. The summed E-state index contributed by atoms with van der Waals surface area (Å²) < 4.78 is 6.96. The fourth-order valence-electron chi connectivity index (χ4n) is 5.30. The van der Waals surface area contributed by atoms with Crippen molar-refractivity contribution in [3.8, 4) is 11.1 Å². The van der Waals surface area contributed by atoms with E-state index in [9.17, 15) is 0 Å². The van der Waals surface area contributed by atoms with E-state index in [1.807, 2.05) is 0 Å². The molecule has 0 aliphatic heterocycles. The van der Waals surface area contributed by atoms with Crippen molar-refractivity contribution in [3.05, 3.63) is 106 Å². The van der Waals surface area contributed by atoms with Crippen LogP contribution in [-0.2, 0) is 5.41 Å². The molecule has 0 saturated carbocycles. The second-order valence-corrected chi connectivity index (χ2v) is 7.83. The zero-order valence-electron chi connectivity index (χ0n) is 13.4.